The summed E-state index contributed by atoms with van der Waals surface area (Å²) in [6.07, 6.45) is 1.84. The molecule has 3 heterocycles. The third-order valence-corrected chi connectivity index (χ3v) is 6.27. The number of aryl methyl sites for hydroxylation is 2. The number of fused-ring (bicyclic) bond motifs is 2. The van der Waals surface area contributed by atoms with Crippen LogP contribution in [0.15, 0.2) is 53.5 Å². The van der Waals surface area contributed by atoms with Crippen LogP contribution in [-0.2, 0) is 12.8 Å². The van der Waals surface area contributed by atoms with Gasteiger partial charge in [-0.25, -0.2) is 14.4 Å². The number of rotatable bonds is 1. The molecule has 1 saturated heterocycles. The normalized spacial score (nSPS) is 15.3. The van der Waals surface area contributed by atoms with Crippen molar-refractivity contribution in [1.29, 1.82) is 0 Å². The molecule has 1 aromatic heterocycles. The second-order valence-corrected chi connectivity index (χ2v) is 8.75. The molecule has 0 atom stereocenters. The fourth-order valence-electron chi connectivity index (χ4n) is 3.73. The number of aliphatic imine (C=N–C) groups is 1. The molecule has 156 valence electrons. The molecule has 3 aromatic rings. The van der Waals surface area contributed by atoms with E-state index in [0.29, 0.717) is 0 Å². The molecule has 6 heteroatoms. The highest BCUT2D eigenvalue weighted by Crippen LogP contribution is 2.32. The van der Waals surface area contributed by atoms with Crippen LogP contribution in [-0.4, -0.2) is 41.9 Å². The first-order valence-electron chi connectivity index (χ1n) is 10.5. The lowest BCUT2D eigenvalue weighted by Crippen LogP contribution is -2.46. The van der Waals surface area contributed by atoms with Crippen LogP contribution in [0.25, 0.3) is 0 Å². The Kier molecular flexibility index (Phi) is 6.55. The van der Waals surface area contributed by atoms with Gasteiger partial charge in [0, 0.05) is 37.5 Å². The first kappa shape index (κ1) is 20.7. The molecule has 1 fully saturated rings. The van der Waals surface area contributed by atoms with E-state index in [-0.39, 0.29) is 5.82 Å². The van der Waals surface area contributed by atoms with Crippen molar-refractivity contribution in [2.45, 2.75) is 26.7 Å². The fourth-order valence-corrected chi connectivity index (χ4v) is 4.68. The lowest BCUT2D eigenvalue weighted by Gasteiger charge is -2.29. The molecular formula is C24H27FN4S. The van der Waals surface area contributed by atoms with Crippen LogP contribution in [0.5, 0.6) is 0 Å². The molecular weight excluding hydrogens is 395 g/mol. The van der Waals surface area contributed by atoms with E-state index in [1.165, 1.54) is 16.5 Å². The highest BCUT2D eigenvalue weighted by Gasteiger charge is 2.25. The molecule has 0 unspecified atom stereocenters. The van der Waals surface area contributed by atoms with Crippen molar-refractivity contribution in [3.05, 3.63) is 81.1 Å². The molecule has 0 amide bonds. The minimum Gasteiger partial charge on any atom is -0.352 e. The number of aromatic nitrogens is 1. The maximum atomic E-state index is 12.4. The van der Waals surface area contributed by atoms with Gasteiger partial charge in [-0.3, -0.25) is 0 Å². The number of piperazine rings is 1. The maximum Gasteiger partial charge on any atom is 0.156 e. The average molecular weight is 423 g/mol. The molecule has 1 N–H and O–H groups in total. The number of para-hydroxylation sites is 1. The van der Waals surface area contributed by atoms with Crippen LogP contribution in [0.1, 0.15) is 33.6 Å². The summed E-state index contributed by atoms with van der Waals surface area (Å²) in [6.45, 7) is 8.11. The zero-order chi connectivity index (χ0) is 20.9. The van der Waals surface area contributed by atoms with Crippen molar-refractivity contribution in [2.75, 3.05) is 26.2 Å². The first-order chi connectivity index (χ1) is 14.6. The van der Waals surface area contributed by atoms with Crippen LogP contribution >= 0.6 is 11.3 Å². The van der Waals surface area contributed by atoms with E-state index >= 15 is 0 Å². The van der Waals surface area contributed by atoms with E-state index in [4.69, 9.17) is 9.98 Å². The predicted octanol–water partition coefficient (Wildman–Crippen LogP) is 4.73. The van der Waals surface area contributed by atoms with Gasteiger partial charge >= 0.3 is 0 Å². The van der Waals surface area contributed by atoms with Gasteiger partial charge in [0.05, 0.1) is 10.7 Å². The highest BCUT2D eigenvalue weighted by atomic mass is 32.1. The first-order valence-corrected chi connectivity index (χ1v) is 11.3. The Balaban J connectivity index is 0.000000204. The van der Waals surface area contributed by atoms with Gasteiger partial charge in [0.25, 0.3) is 0 Å². The van der Waals surface area contributed by atoms with Crippen LogP contribution < -0.4 is 5.32 Å². The molecule has 4 nitrogen and oxygen atoms in total. The molecule has 2 aliphatic heterocycles. The summed E-state index contributed by atoms with van der Waals surface area (Å²) >= 11 is 1.80. The van der Waals surface area contributed by atoms with E-state index < -0.39 is 0 Å². The molecule has 2 aliphatic rings. The third kappa shape index (κ3) is 4.77. The minimum atomic E-state index is -0.144. The number of nitrogens with zero attached hydrogens (tertiary/aromatic N) is 3. The van der Waals surface area contributed by atoms with E-state index in [2.05, 4.69) is 41.4 Å². The molecule has 0 radical (unpaired) electrons. The molecule has 0 spiro atoms. The Hall–Kier alpha value is -2.57. The van der Waals surface area contributed by atoms with Crippen molar-refractivity contribution in [2.24, 2.45) is 4.99 Å². The maximum absolute atomic E-state index is 12.4. The van der Waals surface area contributed by atoms with Gasteiger partial charge in [-0.05, 0) is 42.7 Å². The molecule has 30 heavy (non-hydrogen) atoms. The highest BCUT2D eigenvalue weighted by molar-refractivity contribution is 7.11. The standard InChI is InChI=1S/C16H18N4S.C8H9F/c1-11-18-15-14(21-11)10-12-4-2-3-5-13(12)19-16(15)20-8-6-17-7-9-20;1-2-7-4-3-5-8(9)6-7/h2-5,17H,6-10H2,1H3;3-6H,2H2,1H3. The summed E-state index contributed by atoms with van der Waals surface area (Å²) in [4.78, 5) is 13.5. The number of hydrogen-bond acceptors (Lipinski definition) is 5. The van der Waals surface area contributed by atoms with Crippen LogP contribution in [0.3, 0.4) is 0 Å². The quantitative estimate of drug-likeness (QED) is 0.617. The van der Waals surface area contributed by atoms with Gasteiger partial charge in [-0.1, -0.05) is 37.3 Å². The second-order valence-electron chi connectivity index (χ2n) is 7.47. The van der Waals surface area contributed by atoms with Crippen molar-refractivity contribution >= 4 is 22.9 Å². The zero-order valence-electron chi connectivity index (χ0n) is 17.5. The van der Waals surface area contributed by atoms with Gasteiger partial charge in [0.2, 0.25) is 0 Å². The number of halogens is 1. The van der Waals surface area contributed by atoms with Crippen molar-refractivity contribution < 1.29 is 4.39 Å². The monoisotopic (exact) mass is 422 g/mol. The van der Waals surface area contributed by atoms with E-state index in [1.807, 2.05) is 13.0 Å². The van der Waals surface area contributed by atoms with Crippen molar-refractivity contribution in [1.82, 2.24) is 15.2 Å². The van der Waals surface area contributed by atoms with Crippen LogP contribution in [0.2, 0.25) is 0 Å². The Labute approximate surface area is 181 Å². The number of benzene rings is 2. The minimum absolute atomic E-state index is 0.144. The summed E-state index contributed by atoms with van der Waals surface area (Å²) in [5, 5.41) is 4.53. The molecule has 0 saturated carbocycles. The van der Waals surface area contributed by atoms with Gasteiger partial charge in [0.15, 0.2) is 5.84 Å². The zero-order valence-corrected chi connectivity index (χ0v) is 18.3. The third-order valence-electron chi connectivity index (χ3n) is 5.30. The predicted molar refractivity (Wildman–Crippen MR) is 123 cm³/mol. The second kappa shape index (κ2) is 9.49. The van der Waals surface area contributed by atoms with Crippen LogP contribution in [0, 0.1) is 12.7 Å². The molecule has 5 rings (SSSR count). The van der Waals surface area contributed by atoms with E-state index in [1.54, 1.807) is 23.5 Å². The largest absolute Gasteiger partial charge is 0.352 e. The molecule has 2 aromatic carbocycles. The summed E-state index contributed by atoms with van der Waals surface area (Å²) in [7, 11) is 0. The van der Waals surface area contributed by atoms with Gasteiger partial charge in [-0.2, -0.15) is 0 Å². The molecule has 0 aliphatic carbocycles. The number of thiazole rings is 1. The molecule has 0 bridgehead atoms. The lowest BCUT2D eigenvalue weighted by molar-refractivity contribution is 0.357. The number of hydrogen-bond donors (Lipinski definition) is 1. The van der Waals surface area contributed by atoms with Crippen LogP contribution in [0.4, 0.5) is 10.1 Å². The van der Waals surface area contributed by atoms with Gasteiger partial charge in [-0.15, -0.1) is 11.3 Å². The Bertz CT molecular complexity index is 1040. The van der Waals surface area contributed by atoms with Crippen molar-refractivity contribution in [3.8, 4) is 0 Å². The average Bonchev–Trinajstić information content (AvgIpc) is 3.06. The topological polar surface area (TPSA) is 40.5 Å². The van der Waals surface area contributed by atoms with Gasteiger partial charge < -0.3 is 10.2 Å². The number of amidine groups is 1. The van der Waals surface area contributed by atoms with E-state index in [0.717, 1.165) is 66.8 Å². The number of nitrogens with one attached hydrogen (secondary N) is 1. The SMILES string of the molecule is CCc1cccc(F)c1.Cc1nc2c(s1)Cc1ccccc1N=C2N1CCNCC1. The Morgan fingerprint density at radius 2 is 1.90 bits per heavy atom. The van der Waals surface area contributed by atoms with E-state index in [9.17, 15) is 4.39 Å². The van der Waals surface area contributed by atoms with Gasteiger partial charge in [0.1, 0.15) is 11.5 Å². The Morgan fingerprint density at radius 3 is 2.63 bits per heavy atom. The Morgan fingerprint density at radius 1 is 1.10 bits per heavy atom. The smallest absolute Gasteiger partial charge is 0.156 e. The summed E-state index contributed by atoms with van der Waals surface area (Å²) in [5.74, 6) is 0.912. The summed E-state index contributed by atoms with van der Waals surface area (Å²) in [6, 6.07) is 15.1. The lowest BCUT2D eigenvalue weighted by atomic mass is 10.1. The van der Waals surface area contributed by atoms with Crippen molar-refractivity contribution in [3.63, 3.8) is 0 Å². The fraction of sp³-hybridized carbons (Fsp3) is 0.333. The summed E-state index contributed by atoms with van der Waals surface area (Å²) in [5.41, 5.74) is 4.53. The summed E-state index contributed by atoms with van der Waals surface area (Å²) < 4.78 is 12.4.